The highest BCUT2D eigenvalue weighted by atomic mass is 32.2. The molecule has 0 fully saturated rings. The van der Waals surface area contributed by atoms with Crippen LogP contribution in [0, 0.1) is 0 Å². The van der Waals surface area contributed by atoms with Crippen molar-refractivity contribution < 1.29 is 12.8 Å². The Kier molecular flexibility index (Phi) is 2.69. The molecule has 0 unspecified atom stereocenters. The summed E-state index contributed by atoms with van der Waals surface area (Å²) in [7, 11) is -3.56. The predicted octanol–water partition coefficient (Wildman–Crippen LogP) is 0.220. The fourth-order valence-electron chi connectivity index (χ4n) is 0.652. The third kappa shape index (κ3) is 1.97. The van der Waals surface area contributed by atoms with Crippen molar-refractivity contribution in [2.45, 2.75) is 5.03 Å². The first kappa shape index (κ1) is 9.05. The summed E-state index contributed by atoms with van der Waals surface area (Å²) in [6, 6.07) is 0. The van der Waals surface area contributed by atoms with E-state index in [-0.39, 0.29) is 5.03 Å². The van der Waals surface area contributed by atoms with Gasteiger partial charge in [-0.05, 0) is 0 Å². The van der Waals surface area contributed by atoms with Crippen LogP contribution in [0.2, 0.25) is 0 Å². The highest BCUT2D eigenvalue weighted by Gasteiger charge is 2.14. The van der Waals surface area contributed by atoms with Gasteiger partial charge >= 0.3 is 0 Å². The minimum Gasteiger partial charge on any atom is -0.260 e. The van der Waals surface area contributed by atoms with Gasteiger partial charge < -0.3 is 0 Å². The summed E-state index contributed by atoms with van der Waals surface area (Å²) in [5.74, 6) is -0.536. The molecule has 1 heterocycles. The first-order chi connectivity index (χ1) is 5.67. The van der Waals surface area contributed by atoms with E-state index in [0.717, 1.165) is 6.20 Å². The Morgan fingerprint density at radius 2 is 2.17 bits per heavy atom. The summed E-state index contributed by atoms with van der Waals surface area (Å²) in [5, 5.41) is -0.178. The molecule has 66 valence electrons. The van der Waals surface area contributed by atoms with Crippen LogP contribution >= 0.6 is 0 Å². The van der Waals surface area contributed by atoms with Gasteiger partial charge in [-0.25, -0.2) is 17.8 Å². The summed E-state index contributed by atoms with van der Waals surface area (Å²) in [6.45, 7) is -0.904. The van der Waals surface area contributed by atoms with Crippen molar-refractivity contribution in [2.75, 3.05) is 12.4 Å². The summed E-state index contributed by atoms with van der Waals surface area (Å²) in [5.41, 5.74) is 0. The maximum absolute atomic E-state index is 11.7. The quantitative estimate of drug-likeness (QED) is 0.684. The largest absolute Gasteiger partial charge is 0.260 e. The van der Waals surface area contributed by atoms with E-state index in [1.807, 2.05) is 0 Å². The monoisotopic (exact) mass is 190 g/mol. The van der Waals surface area contributed by atoms with E-state index in [4.69, 9.17) is 0 Å². The minimum atomic E-state index is -3.56. The Morgan fingerprint density at radius 3 is 2.67 bits per heavy atom. The normalized spacial score (nSPS) is 11.4. The van der Waals surface area contributed by atoms with Crippen LogP contribution in [0.5, 0.6) is 0 Å². The molecule has 1 aromatic heterocycles. The second kappa shape index (κ2) is 3.57. The molecule has 1 aromatic rings. The number of rotatable bonds is 3. The molecule has 0 bridgehead atoms. The molecule has 0 radical (unpaired) electrons. The van der Waals surface area contributed by atoms with Crippen molar-refractivity contribution in [1.29, 1.82) is 0 Å². The second-order valence-electron chi connectivity index (χ2n) is 2.05. The maximum atomic E-state index is 11.7. The van der Waals surface area contributed by atoms with Gasteiger partial charge in [0.2, 0.25) is 0 Å². The van der Waals surface area contributed by atoms with E-state index in [2.05, 4.69) is 9.97 Å². The van der Waals surface area contributed by atoms with Gasteiger partial charge in [-0.2, -0.15) is 0 Å². The summed E-state index contributed by atoms with van der Waals surface area (Å²) in [6.07, 6.45) is 3.71. The van der Waals surface area contributed by atoms with Crippen LogP contribution in [0.1, 0.15) is 0 Å². The third-order valence-corrected chi connectivity index (χ3v) is 2.74. The zero-order valence-corrected chi connectivity index (χ0v) is 6.96. The molecule has 0 saturated carbocycles. The van der Waals surface area contributed by atoms with E-state index < -0.39 is 22.3 Å². The lowest BCUT2D eigenvalue weighted by molar-refractivity contribution is 0.516. The molecule has 1 rings (SSSR count). The van der Waals surface area contributed by atoms with Crippen molar-refractivity contribution in [1.82, 2.24) is 9.97 Å². The Labute approximate surface area is 69.4 Å². The lowest BCUT2D eigenvalue weighted by Gasteiger charge is -1.97. The van der Waals surface area contributed by atoms with E-state index in [9.17, 15) is 12.8 Å². The van der Waals surface area contributed by atoms with Crippen molar-refractivity contribution >= 4 is 9.84 Å². The fraction of sp³-hybridized carbons (Fsp3) is 0.333. The number of sulfone groups is 1. The standard InChI is InChI=1S/C6H7FN2O2S/c7-1-4-12(10,11)6-5-8-2-3-9-6/h2-3,5H,1,4H2. The lowest BCUT2D eigenvalue weighted by atomic mass is 10.8. The van der Waals surface area contributed by atoms with E-state index in [1.165, 1.54) is 12.4 Å². The Balaban J connectivity index is 2.99. The second-order valence-corrected chi connectivity index (χ2v) is 4.11. The molecule has 0 N–H and O–H groups in total. The van der Waals surface area contributed by atoms with E-state index >= 15 is 0 Å². The zero-order valence-electron chi connectivity index (χ0n) is 6.14. The first-order valence-electron chi connectivity index (χ1n) is 3.21. The van der Waals surface area contributed by atoms with Gasteiger partial charge in [0.25, 0.3) is 0 Å². The highest BCUT2D eigenvalue weighted by Crippen LogP contribution is 2.04. The number of halogens is 1. The van der Waals surface area contributed by atoms with E-state index in [0.29, 0.717) is 0 Å². The Morgan fingerprint density at radius 1 is 1.42 bits per heavy atom. The van der Waals surface area contributed by atoms with Crippen molar-refractivity contribution in [3.63, 3.8) is 0 Å². The lowest BCUT2D eigenvalue weighted by Crippen LogP contribution is -2.10. The summed E-state index contributed by atoms with van der Waals surface area (Å²) >= 11 is 0. The van der Waals surface area contributed by atoms with Crippen molar-refractivity contribution in [3.05, 3.63) is 18.6 Å². The molecule has 0 aliphatic heterocycles. The SMILES string of the molecule is O=S(=O)(CCF)c1cnccn1. The fourth-order valence-corrected chi connectivity index (χ4v) is 1.51. The van der Waals surface area contributed by atoms with Gasteiger partial charge in [-0.15, -0.1) is 0 Å². The van der Waals surface area contributed by atoms with Crippen LogP contribution in [0.3, 0.4) is 0 Å². The van der Waals surface area contributed by atoms with Crippen LogP contribution in [-0.4, -0.2) is 30.8 Å². The molecular formula is C6H7FN2O2S. The van der Waals surface area contributed by atoms with Gasteiger partial charge in [0.1, 0.15) is 6.67 Å². The number of hydrogen-bond acceptors (Lipinski definition) is 4. The van der Waals surface area contributed by atoms with Crippen LogP contribution in [0.4, 0.5) is 4.39 Å². The van der Waals surface area contributed by atoms with Gasteiger partial charge in [0, 0.05) is 12.4 Å². The number of nitrogens with zero attached hydrogens (tertiary/aromatic N) is 2. The molecule has 4 nitrogen and oxygen atoms in total. The topological polar surface area (TPSA) is 59.9 Å². The molecule has 0 aliphatic carbocycles. The molecule has 0 aliphatic rings. The third-order valence-electron chi connectivity index (χ3n) is 1.20. The number of aromatic nitrogens is 2. The Bertz CT molecular complexity index is 338. The molecule has 0 saturated heterocycles. The predicted molar refractivity (Wildman–Crippen MR) is 40.1 cm³/mol. The van der Waals surface area contributed by atoms with Gasteiger partial charge in [0.15, 0.2) is 14.9 Å². The average Bonchev–Trinajstić information content (AvgIpc) is 2.06. The minimum absolute atomic E-state index is 0.178. The van der Waals surface area contributed by atoms with E-state index in [1.54, 1.807) is 0 Å². The number of alkyl halides is 1. The van der Waals surface area contributed by atoms with Gasteiger partial charge in [0.05, 0.1) is 11.9 Å². The molecular weight excluding hydrogens is 183 g/mol. The molecule has 0 atom stereocenters. The van der Waals surface area contributed by atoms with Crippen molar-refractivity contribution in [2.24, 2.45) is 0 Å². The van der Waals surface area contributed by atoms with Gasteiger partial charge in [-0.3, -0.25) is 4.98 Å². The van der Waals surface area contributed by atoms with Gasteiger partial charge in [-0.1, -0.05) is 0 Å². The zero-order chi connectivity index (χ0) is 9.03. The summed E-state index contributed by atoms with van der Waals surface area (Å²) in [4.78, 5) is 7.12. The number of hydrogen-bond donors (Lipinski definition) is 0. The molecule has 12 heavy (non-hydrogen) atoms. The van der Waals surface area contributed by atoms with Crippen LogP contribution in [-0.2, 0) is 9.84 Å². The van der Waals surface area contributed by atoms with Crippen LogP contribution in [0.25, 0.3) is 0 Å². The first-order valence-corrected chi connectivity index (χ1v) is 4.87. The maximum Gasteiger partial charge on any atom is 0.199 e. The van der Waals surface area contributed by atoms with Crippen LogP contribution in [0.15, 0.2) is 23.6 Å². The molecule has 0 aromatic carbocycles. The Hall–Kier alpha value is -1.04. The molecule has 6 heteroatoms. The van der Waals surface area contributed by atoms with Crippen molar-refractivity contribution in [3.8, 4) is 0 Å². The highest BCUT2D eigenvalue weighted by molar-refractivity contribution is 7.91. The summed E-state index contributed by atoms with van der Waals surface area (Å²) < 4.78 is 33.9. The molecule has 0 amide bonds. The molecule has 0 spiro atoms. The smallest absolute Gasteiger partial charge is 0.199 e. The van der Waals surface area contributed by atoms with Crippen LogP contribution < -0.4 is 0 Å². The average molecular weight is 190 g/mol.